The third-order valence-electron chi connectivity index (χ3n) is 6.36. The molecular weight excluding hydrogens is 403 g/mol. The molecule has 0 spiro atoms. The second kappa shape index (κ2) is 9.11. The number of hydrogen-bond donors (Lipinski definition) is 0. The molecule has 1 heteroatoms. The maximum atomic E-state index is 2.45. The summed E-state index contributed by atoms with van der Waals surface area (Å²) < 4.78 is 0. The van der Waals surface area contributed by atoms with Crippen molar-refractivity contribution in [3.8, 4) is 11.1 Å². The average molecular weight is 431 g/mol. The first-order valence-electron chi connectivity index (χ1n) is 11.2. The van der Waals surface area contributed by atoms with Crippen LogP contribution < -0.4 is 15.9 Å². The van der Waals surface area contributed by atoms with Crippen LogP contribution in [0, 0.1) is 0 Å². The molecule has 0 atom stereocenters. The van der Waals surface area contributed by atoms with Crippen LogP contribution in [-0.2, 0) is 0 Å². The molecule has 0 N–H and O–H groups in total. The summed E-state index contributed by atoms with van der Waals surface area (Å²) in [6.45, 7) is 4.51. The van der Waals surface area contributed by atoms with E-state index in [1.807, 2.05) is 0 Å². The lowest BCUT2D eigenvalue weighted by Gasteiger charge is -2.24. The molecule has 0 aromatic heterocycles. The predicted octanol–water partition coefficient (Wildman–Crippen LogP) is 7.24. The van der Waals surface area contributed by atoms with Gasteiger partial charge in [0.25, 0.3) is 0 Å². The van der Waals surface area contributed by atoms with Crippen LogP contribution >= 0.6 is 7.92 Å². The topological polar surface area (TPSA) is 0 Å². The van der Waals surface area contributed by atoms with Crippen LogP contribution in [-0.4, -0.2) is 0 Å². The van der Waals surface area contributed by atoms with E-state index in [9.17, 15) is 0 Å². The fraction of sp³-hybridized carbons (Fsp3) is 0.0968. The average Bonchev–Trinajstić information content (AvgIpc) is 3.19. The quantitative estimate of drug-likeness (QED) is 0.293. The normalized spacial score (nSPS) is 13.5. The van der Waals surface area contributed by atoms with E-state index in [-0.39, 0.29) is 0 Å². The van der Waals surface area contributed by atoms with Crippen LogP contribution in [0.25, 0.3) is 16.7 Å². The van der Waals surface area contributed by atoms with Gasteiger partial charge in [-0.25, -0.2) is 0 Å². The molecule has 4 aromatic rings. The highest BCUT2D eigenvalue weighted by atomic mass is 31.1. The Morgan fingerprint density at radius 2 is 1.16 bits per heavy atom. The van der Waals surface area contributed by atoms with Gasteiger partial charge in [-0.3, -0.25) is 0 Å². The van der Waals surface area contributed by atoms with Gasteiger partial charge in [-0.1, -0.05) is 115 Å². The van der Waals surface area contributed by atoms with E-state index in [0.717, 1.165) is 6.42 Å². The molecule has 0 heterocycles. The summed E-state index contributed by atoms with van der Waals surface area (Å²) in [5.41, 5.74) is 8.25. The van der Waals surface area contributed by atoms with Crippen LogP contribution in [0.15, 0.2) is 126 Å². The first-order valence-corrected chi connectivity index (χ1v) is 12.5. The van der Waals surface area contributed by atoms with Crippen LogP contribution in [0.2, 0.25) is 0 Å². The molecule has 4 aromatic carbocycles. The van der Waals surface area contributed by atoms with Crippen molar-refractivity contribution in [2.75, 3.05) is 0 Å². The minimum atomic E-state index is -0.680. The largest absolute Gasteiger partial charge is 0.0769 e. The van der Waals surface area contributed by atoms with Crippen molar-refractivity contribution in [3.63, 3.8) is 0 Å². The summed E-state index contributed by atoms with van der Waals surface area (Å²) in [5.74, 6) is 0. The maximum Gasteiger partial charge on any atom is -0.00695 e. The van der Waals surface area contributed by atoms with E-state index in [0.29, 0.717) is 0 Å². The summed E-state index contributed by atoms with van der Waals surface area (Å²) in [7, 11) is -0.680. The van der Waals surface area contributed by atoms with Gasteiger partial charge in [-0.2, -0.15) is 0 Å². The molecule has 0 fully saturated rings. The van der Waals surface area contributed by atoms with E-state index in [1.54, 1.807) is 0 Å². The molecule has 156 valence electrons. The van der Waals surface area contributed by atoms with Gasteiger partial charge >= 0.3 is 0 Å². The molecule has 0 unspecified atom stereocenters. The first-order chi connectivity index (χ1) is 15.7. The van der Waals surface area contributed by atoms with Crippen molar-refractivity contribution in [2.24, 2.45) is 0 Å². The van der Waals surface area contributed by atoms with Crippen molar-refractivity contribution < 1.29 is 0 Å². The first kappa shape index (κ1) is 20.7. The Labute approximate surface area is 192 Å². The molecule has 32 heavy (non-hydrogen) atoms. The maximum absolute atomic E-state index is 2.45. The Kier molecular flexibility index (Phi) is 5.89. The number of benzene rings is 4. The summed E-state index contributed by atoms with van der Waals surface area (Å²) in [4.78, 5) is 0. The van der Waals surface area contributed by atoms with Gasteiger partial charge in [0.2, 0.25) is 0 Å². The van der Waals surface area contributed by atoms with Crippen LogP contribution in [0.5, 0.6) is 0 Å². The Morgan fingerprint density at radius 3 is 1.69 bits per heavy atom. The SMILES string of the molecule is CC1=CCC(c2ccc(-c3ccccc3)cc2P(c2ccccc2)c2ccccc2)=C1C. The van der Waals surface area contributed by atoms with Gasteiger partial charge in [0.15, 0.2) is 0 Å². The molecule has 0 saturated heterocycles. The third-order valence-corrected chi connectivity index (χ3v) is 8.84. The highest BCUT2D eigenvalue weighted by Crippen LogP contribution is 2.41. The second-order valence-corrected chi connectivity index (χ2v) is 10.5. The lowest BCUT2D eigenvalue weighted by molar-refractivity contribution is 1.39. The van der Waals surface area contributed by atoms with Gasteiger partial charge in [0, 0.05) is 0 Å². The highest BCUT2D eigenvalue weighted by molar-refractivity contribution is 7.80. The summed E-state index contributed by atoms with van der Waals surface area (Å²) in [5, 5.41) is 4.22. The number of allylic oxidation sites excluding steroid dienone is 4. The van der Waals surface area contributed by atoms with Crippen LogP contribution in [0.4, 0.5) is 0 Å². The fourth-order valence-corrected chi connectivity index (χ4v) is 6.99. The lowest BCUT2D eigenvalue weighted by Crippen LogP contribution is -2.23. The van der Waals surface area contributed by atoms with Gasteiger partial charge in [0.1, 0.15) is 0 Å². The van der Waals surface area contributed by atoms with Gasteiger partial charge in [-0.05, 0) is 78.0 Å². The minimum absolute atomic E-state index is 0.680. The molecule has 0 aliphatic heterocycles. The Morgan fingerprint density at radius 1 is 0.594 bits per heavy atom. The van der Waals surface area contributed by atoms with E-state index in [2.05, 4.69) is 129 Å². The zero-order chi connectivity index (χ0) is 21.9. The van der Waals surface area contributed by atoms with Crippen LogP contribution in [0.1, 0.15) is 25.8 Å². The Bertz CT molecular complexity index is 1240. The zero-order valence-corrected chi connectivity index (χ0v) is 19.5. The van der Waals surface area contributed by atoms with Gasteiger partial charge in [0.05, 0.1) is 0 Å². The molecule has 0 saturated carbocycles. The molecule has 0 amide bonds. The molecule has 0 radical (unpaired) electrons. The van der Waals surface area contributed by atoms with E-state index >= 15 is 0 Å². The van der Waals surface area contributed by atoms with Crippen LogP contribution in [0.3, 0.4) is 0 Å². The smallest absolute Gasteiger partial charge is 0.00695 e. The molecule has 0 bridgehead atoms. The summed E-state index contributed by atoms with van der Waals surface area (Å²) in [6, 6.07) is 39.9. The highest BCUT2D eigenvalue weighted by Gasteiger charge is 2.24. The number of hydrogen-bond acceptors (Lipinski definition) is 0. The summed E-state index contributed by atoms with van der Waals surface area (Å²) in [6.07, 6.45) is 3.38. The molecule has 1 aliphatic carbocycles. The van der Waals surface area contributed by atoms with E-state index in [1.165, 1.54) is 49.3 Å². The zero-order valence-electron chi connectivity index (χ0n) is 18.6. The van der Waals surface area contributed by atoms with Crippen molar-refractivity contribution in [2.45, 2.75) is 20.3 Å². The minimum Gasteiger partial charge on any atom is -0.0769 e. The standard InChI is InChI=1S/C31H27P/c1-23-18-20-29(24(23)2)30-21-19-26(25-12-6-3-7-13-25)22-31(30)32(27-14-8-4-9-15-27)28-16-10-5-11-17-28/h3-19,21-22H,20H2,1-2H3. The van der Waals surface area contributed by atoms with Gasteiger partial charge in [-0.15, -0.1) is 0 Å². The van der Waals surface area contributed by atoms with Crippen molar-refractivity contribution in [1.82, 2.24) is 0 Å². The molecular formula is C31H27P. The molecule has 0 nitrogen and oxygen atoms in total. The Balaban J connectivity index is 1.77. The summed E-state index contributed by atoms with van der Waals surface area (Å²) >= 11 is 0. The third kappa shape index (κ3) is 3.99. The second-order valence-electron chi connectivity index (χ2n) is 8.30. The van der Waals surface area contributed by atoms with Crippen molar-refractivity contribution in [1.29, 1.82) is 0 Å². The van der Waals surface area contributed by atoms with Crippen molar-refractivity contribution >= 4 is 29.4 Å². The van der Waals surface area contributed by atoms with Crippen molar-refractivity contribution in [3.05, 3.63) is 132 Å². The predicted molar refractivity (Wildman–Crippen MR) is 142 cm³/mol. The van der Waals surface area contributed by atoms with E-state index < -0.39 is 7.92 Å². The Hall–Kier alpha value is -3.21. The van der Waals surface area contributed by atoms with E-state index in [4.69, 9.17) is 0 Å². The monoisotopic (exact) mass is 430 g/mol. The molecule has 1 aliphatic rings. The molecule has 5 rings (SSSR count). The number of rotatable bonds is 5. The van der Waals surface area contributed by atoms with Gasteiger partial charge < -0.3 is 0 Å². The lowest BCUT2D eigenvalue weighted by atomic mass is 9.97. The fourth-order valence-electron chi connectivity index (χ4n) is 4.47.